The molecule has 0 saturated carbocycles. The first-order valence-electron chi connectivity index (χ1n) is 5.74. The maximum Gasteiger partial charge on any atom is 0.318 e. The number of nitrogens with two attached hydrogens (primary N) is 1. The minimum Gasteiger partial charge on any atom is -0.481 e. The third-order valence-corrected chi connectivity index (χ3v) is 2.30. The Morgan fingerprint density at radius 2 is 1.84 bits per heavy atom. The second kappa shape index (κ2) is 6.53. The van der Waals surface area contributed by atoms with E-state index in [0.29, 0.717) is 12.2 Å². The number of ketones is 1. The fraction of sp³-hybridized carbons (Fsp3) is 0.308. The Morgan fingerprint density at radius 3 is 2.32 bits per heavy atom. The summed E-state index contributed by atoms with van der Waals surface area (Å²) in [6.07, 6.45) is -0.482. The summed E-state index contributed by atoms with van der Waals surface area (Å²) in [4.78, 5) is 32.8. The number of rotatable bonds is 5. The molecule has 0 bridgehead atoms. The van der Waals surface area contributed by atoms with Gasteiger partial charge in [0.05, 0.1) is 0 Å². The van der Waals surface area contributed by atoms with Crippen molar-refractivity contribution in [3.05, 3.63) is 29.8 Å². The molecule has 1 aromatic rings. The molecule has 1 atom stereocenters. The van der Waals surface area contributed by atoms with Crippen molar-refractivity contribution in [1.29, 1.82) is 0 Å². The van der Waals surface area contributed by atoms with Crippen LogP contribution in [-0.2, 0) is 16.0 Å². The van der Waals surface area contributed by atoms with E-state index in [1.165, 1.54) is 13.8 Å². The van der Waals surface area contributed by atoms with E-state index in [9.17, 15) is 14.4 Å². The van der Waals surface area contributed by atoms with Gasteiger partial charge in [0.2, 0.25) is 0 Å². The predicted molar refractivity (Wildman–Crippen MR) is 68.6 cm³/mol. The van der Waals surface area contributed by atoms with Crippen molar-refractivity contribution in [3.63, 3.8) is 0 Å². The van der Waals surface area contributed by atoms with Crippen LogP contribution in [0, 0.1) is 0 Å². The summed E-state index contributed by atoms with van der Waals surface area (Å²) in [7, 11) is 0. The summed E-state index contributed by atoms with van der Waals surface area (Å²) in [5.41, 5.74) is 5.70. The van der Waals surface area contributed by atoms with E-state index in [0.717, 1.165) is 5.56 Å². The zero-order valence-corrected chi connectivity index (χ0v) is 10.8. The van der Waals surface area contributed by atoms with Crippen molar-refractivity contribution in [3.8, 4) is 5.75 Å². The molecule has 3 amide bonds. The standard InChI is InChI=1S/C13H16N2O4/c1-8(16)7-10-3-5-11(6-4-10)19-9(2)12(17)15-13(14)18/h3-6,9H,7H2,1-2H3,(H3,14,15,17,18). The smallest absolute Gasteiger partial charge is 0.318 e. The van der Waals surface area contributed by atoms with Crippen molar-refractivity contribution < 1.29 is 19.1 Å². The number of carbonyl (C=O) groups excluding carboxylic acids is 3. The molecule has 3 N–H and O–H groups in total. The fourth-order valence-corrected chi connectivity index (χ4v) is 1.45. The molecule has 102 valence electrons. The van der Waals surface area contributed by atoms with Crippen LogP contribution in [0.3, 0.4) is 0 Å². The number of urea groups is 1. The molecule has 0 aliphatic heterocycles. The predicted octanol–water partition coefficient (Wildman–Crippen LogP) is 0.780. The molecule has 6 nitrogen and oxygen atoms in total. The first kappa shape index (κ1) is 14.7. The number of Topliss-reactive ketones (excluding diaryl/α,β-unsaturated/α-hetero) is 1. The fourth-order valence-electron chi connectivity index (χ4n) is 1.45. The molecule has 19 heavy (non-hydrogen) atoms. The molecule has 0 heterocycles. The third-order valence-electron chi connectivity index (χ3n) is 2.30. The highest BCUT2D eigenvalue weighted by atomic mass is 16.5. The molecule has 0 saturated heterocycles. The van der Waals surface area contributed by atoms with Crippen LogP contribution in [0.15, 0.2) is 24.3 Å². The van der Waals surface area contributed by atoms with Crippen LogP contribution in [0.5, 0.6) is 5.75 Å². The average Bonchev–Trinajstić information content (AvgIpc) is 2.30. The maximum atomic E-state index is 11.4. The van der Waals surface area contributed by atoms with E-state index >= 15 is 0 Å². The van der Waals surface area contributed by atoms with Gasteiger partial charge < -0.3 is 10.5 Å². The van der Waals surface area contributed by atoms with E-state index in [2.05, 4.69) is 0 Å². The van der Waals surface area contributed by atoms with Gasteiger partial charge in [0.15, 0.2) is 6.10 Å². The zero-order chi connectivity index (χ0) is 14.4. The first-order chi connectivity index (χ1) is 8.88. The number of imide groups is 1. The summed E-state index contributed by atoms with van der Waals surface area (Å²) in [6, 6.07) is 5.89. The average molecular weight is 264 g/mol. The zero-order valence-electron chi connectivity index (χ0n) is 10.8. The summed E-state index contributed by atoms with van der Waals surface area (Å²) in [6.45, 7) is 3.02. The van der Waals surface area contributed by atoms with Crippen LogP contribution >= 0.6 is 0 Å². The lowest BCUT2D eigenvalue weighted by molar-refractivity contribution is -0.126. The normalized spacial score (nSPS) is 11.5. The highest BCUT2D eigenvalue weighted by Crippen LogP contribution is 2.14. The van der Waals surface area contributed by atoms with E-state index < -0.39 is 18.0 Å². The van der Waals surface area contributed by atoms with Crippen LogP contribution in [-0.4, -0.2) is 23.8 Å². The van der Waals surface area contributed by atoms with Gasteiger partial charge >= 0.3 is 6.03 Å². The molecular weight excluding hydrogens is 248 g/mol. The highest BCUT2D eigenvalue weighted by Gasteiger charge is 2.15. The summed E-state index contributed by atoms with van der Waals surface area (Å²) in [5.74, 6) is -0.0670. The lowest BCUT2D eigenvalue weighted by atomic mass is 10.1. The SMILES string of the molecule is CC(=O)Cc1ccc(OC(C)C(=O)NC(N)=O)cc1. The molecule has 0 aromatic heterocycles. The van der Waals surface area contributed by atoms with Crippen LogP contribution in [0.1, 0.15) is 19.4 Å². The van der Waals surface area contributed by atoms with Gasteiger partial charge in [0.1, 0.15) is 11.5 Å². The molecule has 1 aromatic carbocycles. The van der Waals surface area contributed by atoms with E-state index in [1.54, 1.807) is 24.3 Å². The van der Waals surface area contributed by atoms with Gasteiger partial charge in [-0.2, -0.15) is 0 Å². The molecule has 0 fully saturated rings. The van der Waals surface area contributed by atoms with Crippen LogP contribution in [0.4, 0.5) is 4.79 Å². The number of benzene rings is 1. The number of hydrogen-bond acceptors (Lipinski definition) is 4. The van der Waals surface area contributed by atoms with Crippen molar-refractivity contribution >= 4 is 17.7 Å². The van der Waals surface area contributed by atoms with Gasteiger partial charge in [-0.1, -0.05) is 12.1 Å². The Hall–Kier alpha value is -2.37. The number of primary amides is 1. The second-order valence-electron chi connectivity index (χ2n) is 4.14. The van der Waals surface area contributed by atoms with Crippen LogP contribution < -0.4 is 15.8 Å². The van der Waals surface area contributed by atoms with Crippen molar-refractivity contribution in [2.75, 3.05) is 0 Å². The monoisotopic (exact) mass is 264 g/mol. The quantitative estimate of drug-likeness (QED) is 0.821. The number of nitrogens with one attached hydrogen (secondary N) is 1. The minimum absolute atomic E-state index is 0.0721. The van der Waals surface area contributed by atoms with Crippen LogP contribution in [0.25, 0.3) is 0 Å². The molecule has 0 aliphatic rings. The van der Waals surface area contributed by atoms with Gasteiger partial charge in [0, 0.05) is 6.42 Å². The molecule has 0 spiro atoms. The van der Waals surface area contributed by atoms with E-state index in [1.807, 2.05) is 5.32 Å². The number of amides is 3. The van der Waals surface area contributed by atoms with Crippen molar-refractivity contribution in [2.24, 2.45) is 5.73 Å². The highest BCUT2D eigenvalue weighted by molar-refractivity contribution is 5.95. The third kappa shape index (κ3) is 5.20. The second-order valence-corrected chi connectivity index (χ2v) is 4.14. The molecule has 0 radical (unpaired) electrons. The Bertz CT molecular complexity index is 482. The molecule has 0 aliphatic carbocycles. The largest absolute Gasteiger partial charge is 0.481 e. The van der Waals surface area contributed by atoms with E-state index in [4.69, 9.17) is 10.5 Å². The molecule has 1 unspecified atom stereocenters. The first-order valence-corrected chi connectivity index (χ1v) is 5.74. The van der Waals surface area contributed by atoms with Crippen molar-refractivity contribution in [1.82, 2.24) is 5.32 Å². The topological polar surface area (TPSA) is 98.5 Å². The summed E-state index contributed by atoms with van der Waals surface area (Å²) < 4.78 is 5.33. The lowest BCUT2D eigenvalue weighted by Gasteiger charge is -2.13. The Labute approximate surface area is 110 Å². The lowest BCUT2D eigenvalue weighted by Crippen LogP contribution is -2.42. The Morgan fingerprint density at radius 1 is 1.26 bits per heavy atom. The summed E-state index contributed by atoms with van der Waals surface area (Å²) in [5, 5.41) is 1.93. The van der Waals surface area contributed by atoms with Gasteiger partial charge in [-0.25, -0.2) is 4.79 Å². The number of carbonyl (C=O) groups is 3. The van der Waals surface area contributed by atoms with E-state index in [-0.39, 0.29) is 5.78 Å². The minimum atomic E-state index is -0.919. The van der Waals surface area contributed by atoms with Gasteiger partial charge in [-0.05, 0) is 31.5 Å². The maximum absolute atomic E-state index is 11.4. The van der Waals surface area contributed by atoms with Gasteiger partial charge in [-0.3, -0.25) is 14.9 Å². The van der Waals surface area contributed by atoms with Crippen molar-refractivity contribution in [2.45, 2.75) is 26.4 Å². The number of hydrogen-bond donors (Lipinski definition) is 2. The van der Waals surface area contributed by atoms with Crippen LogP contribution in [0.2, 0.25) is 0 Å². The molecular formula is C13H16N2O4. The Balaban J connectivity index is 2.59. The molecule has 6 heteroatoms. The molecule has 1 rings (SSSR count). The van der Waals surface area contributed by atoms with Gasteiger partial charge in [0.25, 0.3) is 5.91 Å². The van der Waals surface area contributed by atoms with Gasteiger partial charge in [-0.15, -0.1) is 0 Å². The summed E-state index contributed by atoms with van der Waals surface area (Å²) >= 11 is 0. The Kier molecular flexibility index (Phi) is 5.05. The number of ether oxygens (including phenoxy) is 1.